The molecule has 0 aromatic carbocycles. The van der Waals surface area contributed by atoms with E-state index in [0.29, 0.717) is 30.6 Å². The van der Waals surface area contributed by atoms with Crippen molar-refractivity contribution in [2.24, 2.45) is 0 Å². The van der Waals surface area contributed by atoms with E-state index in [0.717, 1.165) is 57.1 Å². The van der Waals surface area contributed by atoms with Crippen LogP contribution in [0.15, 0.2) is 17.1 Å². The molecule has 1 aromatic heterocycles. The van der Waals surface area contributed by atoms with E-state index in [1.807, 2.05) is 0 Å². The molecule has 0 aliphatic carbocycles. The number of methoxy groups -OCH3 is 1. The van der Waals surface area contributed by atoms with Gasteiger partial charge < -0.3 is 9.15 Å². The van der Waals surface area contributed by atoms with Gasteiger partial charge in [-0.2, -0.15) is 0 Å². The number of hydrogen-bond acceptors (Lipinski definition) is 3. The van der Waals surface area contributed by atoms with E-state index in [4.69, 9.17) is 4.42 Å². The predicted molar refractivity (Wildman–Crippen MR) is 104 cm³/mol. The predicted octanol–water partition coefficient (Wildman–Crippen LogP) is 6.33. The molecule has 0 radical (unpaired) electrons. The Hall–Kier alpha value is -1.58. The molecule has 0 N–H and O–H groups in total. The van der Waals surface area contributed by atoms with Crippen molar-refractivity contribution >= 4 is 5.97 Å². The number of allylic oxidation sites excluding steroid dienone is 1. The van der Waals surface area contributed by atoms with Crippen LogP contribution < -0.4 is 0 Å². The van der Waals surface area contributed by atoms with Crippen molar-refractivity contribution in [3.05, 3.63) is 35.6 Å². The SMILES string of the molecule is C=CCc1c(CCCCCCCC(=O)OC)oc(CCCCCC)c1F. The maximum atomic E-state index is 14.6. The van der Waals surface area contributed by atoms with Gasteiger partial charge in [0, 0.05) is 24.8 Å². The highest BCUT2D eigenvalue weighted by molar-refractivity contribution is 5.68. The lowest BCUT2D eigenvalue weighted by Crippen LogP contribution is -1.99. The second-order valence-corrected chi connectivity index (χ2v) is 6.89. The summed E-state index contributed by atoms with van der Waals surface area (Å²) in [6.45, 7) is 5.91. The summed E-state index contributed by atoms with van der Waals surface area (Å²) in [4.78, 5) is 11.1. The van der Waals surface area contributed by atoms with Gasteiger partial charge in [0.05, 0.1) is 7.11 Å². The molecule has 0 saturated carbocycles. The Morgan fingerprint density at radius 1 is 1.04 bits per heavy atom. The lowest BCUT2D eigenvalue weighted by molar-refractivity contribution is -0.140. The van der Waals surface area contributed by atoms with Gasteiger partial charge in [0.15, 0.2) is 5.82 Å². The first-order valence-electron chi connectivity index (χ1n) is 10.1. The zero-order valence-corrected chi connectivity index (χ0v) is 16.6. The first-order chi connectivity index (χ1) is 12.6. The fraction of sp³-hybridized carbons (Fsp3) is 0.682. The third-order valence-electron chi connectivity index (χ3n) is 4.71. The summed E-state index contributed by atoms with van der Waals surface area (Å²) >= 11 is 0. The first-order valence-corrected chi connectivity index (χ1v) is 10.1. The van der Waals surface area contributed by atoms with Gasteiger partial charge in [0.2, 0.25) is 0 Å². The number of hydrogen-bond donors (Lipinski definition) is 0. The van der Waals surface area contributed by atoms with E-state index in [2.05, 4.69) is 18.2 Å². The molecule has 0 saturated heterocycles. The van der Waals surface area contributed by atoms with Gasteiger partial charge in [-0.3, -0.25) is 4.79 Å². The van der Waals surface area contributed by atoms with Gasteiger partial charge in [0.25, 0.3) is 0 Å². The quantitative estimate of drug-likeness (QED) is 0.207. The summed E-state index contributed by atoms with van der Waals surface area (Å²) in [5.74, 6) is 1.01. The molecule has 0 unspecified atom stereocenters. The molecule has 0 atom stereocenters. The minimum Gasteiger partial charge on any atom is -0.469 e. The van der Waals surface area contributed by atoms with Crippen LogP contribution in [0.1, 0.15) is 88.2 Å². The van der Waals surface area contributed by atoms with Crippen molar-refractivity contribution in [1.29, 1.82) is 0 Å². The molecule has 148 valence electrons. The van der Waals surface area contributed by atoms with E-state index in [1.54, 1.807) is 6.08 Å². The lowest BCUT2D eigenvalue weighted by atomic mass is 10.0. The number of ether oxygens (including phenoxy) is 1. The Kier molecular flexibility index (Phi) is 11.7. The standard InChI is InChI=1S/C22H35FO3/c1-4-6-7-11-16-20-22(23)18(14-5-2)19(26-20)15-12-9-8-10-13-17-21(24)25-3/h5H,2,4,6-17H2,1,3H3. The number of carbonyl (C=O) groups excluding carboxylic acids is 1. The van der Waals surface area contributed by atoms with E-state index < -0.39 is 0 Å². The largest absolute Gasteiger partial charge is 0.469 e. The highest BCUT2D eigenvalue weighted by Crippen LogP contribution is 2.26. The van der Waals surface area contributed by atoms with Crippen molar-refractivity contribution < 1.29 is 18.3 Å². The number of rotatable bonds is 15. The molecule has 0 fully saturated rings. The Balaban J connectivity index is 2.41. The molecule has 4 heteroatoms. The molecule has 0 bridgehead atoms. The Bertz CT molecular complexity index is 534. The maximum absolute atomic E-state index is 14.6. The monoisotopic (exact) mass is 366 g/mol. The van der Waals surface area contributed by atoms with E-state index in [1.165, 1.54) is 20.0 Å². The zero-order valence-electron chi connectivity index (χ0n) is 16.6. The normalized spacial score (nSPS) is 10.9. The van der Waals surface area contributed by atoms with Gasteiger partial charge >= 0.3 is 5.97 Å². The highest BCUT2D eigenvalue weighted by atomic mass is 19.1. The molecule has 26 heavy (non-hydrogen) atoms. The number of esters is 1. The van der Waals surface area contributed by atoms with Crippen molar-refractivity contribution in [2.45, 2.75) is 90.4 Å². The summed E-state index contributed by atoms with van der Waals surface area (Å²) in [6.07, 6.45) is 13.7. The fourth-order valence-corrected chi connectivity index (χ4v) is 3.16. The minimum absolute atomic E-state index is 0.142. The van der Waals surface area contributed by atoms with Crippen LogP contribution in [0.25, 0.3) is 0 Å². The average molecular weight is 367 g/mol. The van der Waals surface area contributed by atoms with Crippen LogP contribution >= 0.6 is 0 Å². The zero-order chi connectivity index (χ0) is 19.2. The molecule has 0 aliphatic rings. The molecule has 1 heterocycles. The van der Waals surface area contributed by atoms with Crippen molar-refractivity contribution in [1.82, 2.24) is 0 Å². The molecule has 1 aromatic rings. The average Bonchev–Trinajstić information content (AvgIpc) is 2.93. The molecule has 0 amide bonds. The van der Waals surface area contributed by atoms with Gasteiger partial charge in [0.1, 0.15) is 11.5 Å². The second kappa shape index (κ2) is 13.6. The third kappa shape index (κ3) is 8.20. The Morgan fingerprint density at radius 2 is 1.65 bits per heavy atom. The van der Waals surface area contributed by atoms with Gasteiger partial charge in [-0.25, -0.2) is 4.39 Å². The van der Waals surface area contributed by atoms with Crippen molar-refractivity contribution in [3.8, 4) is 0 Å². The molecular weight excluding hydrogens is 331 g/mol. The van der Waals surface area contributed by atoms with Crippen LogP contribution in [-0.4, -0.2) is 13.1 Å². The highest BCUT2D eigenvalue weighted by Gasteiger charge is 2.18. The van der Waals surface area contributed by atoms with E-state index in [9.17, 15) is 9.18 Å². The minimum atomic E-state index is -0.158. The van der Waals surface area contributed by atoms with Crippen LogP contribution in [-0.2, 0) is 28.8 Å². The molecule has 0 spiro atoms. The van der Waals surface area contributed by atoms with Crippen LogP contribution in [0.4, 0.5) is 4.39 Å². The summed E-state index contributed by atoms with van der Waals surface area (Å²) in [5, 5.41) is 0. The number of carbonyl (C=O) groups is 1. The topological polar surface area (TPSA) is 39.4 Å². The smallest absolute Gasteiger partial charge is 0.305 e. The molecule has 1 rings (SSSR count). The van der Waals surface area contributed by atoms with E-state index >= 15 is 0 Å². The van der Waals surface area contributed by atoms with Crippen molar-refractivity contribution in [2.75, 3.05) is 7.11 Å². The first kappa shape index (κ1) is 22.5. The van der Waals surface area contributed by atoms with Crippen LogP contribution in [0.5, 0.6) is 0 Å². The third-order valence-corrected chi connectivity index (χ3v) is 4.71. The van der Waals surface area contributed by atoms with Crippen LogP contribution in [0.2, 0.25) is 0 Å². The Labute approximate surface area is 158 Å². The molecule has 0 aliphatic heterocycles. The Morgan fingerprint density at radius 3 is 2.31 bits per heavy atom. The van der Waals surface area contributed by atoms with E-state index in [-0.39, 0.29) is 11.8 Å². The summed E-state index contributed by atoms with van der Waals surface area (Å²) in [7, 11) is 1.42. The summed E-state index contributed by atoms with van der Waals surface area (Å²) in [6, 6.07) is 0. The fourth-order valence-electron chi connectivity index (χ4n) is 3.16. The molecular formula is C22H35FO3. The van der Waals surface area contributed by atoms with Gasteiger partial charge in [-0.1, -0.05) is 51.5 Å². The van der Waals surface area contributed by atoms with Crippen LogP contribution in [0, 0.1) is 5.82 Å². The number of furan rings is 1. The summed E-state index contributed by atoms with van der Waals surface area (Å²) < 4.78 is 25.1. The van der Waals surface area contributed by atoms with Gasteiger partial charge in [-0.15, -0.1) is 6.58 Å². The maximum Gasteiger partial charge on any atom is 0.305 e. The molecule has 3 nitrogen and oxygen atoms in total. The number of aryl methyl sites for hydroxylation is 2. The second-order valence-electron chi connectivity index (χ2n) is 6.89. The van der Waals surface area contributed by atoms with Gasteiger partial charge in [-0.05, 0) is 25.7 Å². The number of halogens is 1. The lowest BCUT2D eigenvalue weighted by Gasteiger charge is -2.02. The number of unbranched alkanes of at least 4 members (excludes halogenated alkanes) is 7. The summed E-state index contributed by atoms with van der Waals surface area (Å²) in [5.41, 5.74) is 0.691. The van der Waals surface area contributed by atoms with Crippen molar-refractivity contribution in [3.63, 3.8) is 0 Å². The van der Waals surface area contributed by atoms with Crippen LogP contribution in [0.3, 0.4) is 0 Å².